The van der Waals surface area contributed by atoms with E-state index in [2.05, 4.69) is 21.3 Å². The summed E-state index contributed by atoms with van der Waals surface area (Å²) in [5.74, 6) is -0.250. The van der Waals surface area contributed by atoms with Crippen molar-refractivity contribution in [3.8, 4) is 0 Å². The molecule has 0 unspecified atom stereocenters. The van der Waals surface area contributed by atoms with Gasteiger partial charge in [-0.05, 0) is 6.08 Å². The van der Waals surface area contributed by atoms with Gasteiger partial charge in [-0.3, -0.25) is 0 Å². The number of nitrogens with zero attached hydrogens (tertiary/aromatic N) is 2. The highest BCUT2D eigenvalue weighted by Gasteiger charge is 2.12. The Bertz CT molecular complexity index is 352. The van der Waals surface area contributed by atoms with Crippen LogP contribution in [-0.4, -0.2) is 23.0 Å². The number of aromatic nitrogens is 2. The van der Waals surface area contributed by atoms with Gasteiger partial charge in [0.2, 0.25) is 0 Å². The predicted molar refractivity (Wildman–Crippen MR) is 48.5 cm³/mol. The molecule has 0 saturated carbocycles. The van der Waals surface area contributed by atoms with Gasteiger partial charge in [0.25, 0.3) is 0 Å². The maximum Gasteiger partial charge on any atom is 0.358 e. The molecule has 0 bridgehead atoms. The molecule has 5 heteroatoms. The number of hydrogen-bond donors (Lipinski definition) is 0. The molecule has 0 aliphatic carbocycles. The highest BCUT2D eigenvalue weighted by atomic mass is 35.5. The zero-order valence-corrected chi connectivity index (χ0v) is 7.71. The number of ether oxygens (including phenoxy) is 1. The van der Waals surface area contributed by atoms with Crippen LogP contribution < -0.4 is 0 Å². The summed E-state index contributed by atoms with van der Waals surface area (Å²) in [6.07, 6.45) is 2.75. The second-order valence-electron chi connectivity index (χ2n) is 2.12. The third-order valence-corrected chi connectivity index (χ3v) is 1.60. The van der Waals surface area contributed by atoms with Crippen LogP contribution in [0.15, 0.2) is 12.8 Å². The van der Waals surface area contributed by atoms with Gasteiger partial charge in [-0.15, -0.1) is 0 Å². The number of carbonyl (C=O) groups is 1. The van der Waals surface area contributed by atoms with Gasteiger partial charge >= 0.3 is 5.97 Å². The first-order chi connectivity index (χ1) is 6.19. The highest BCUT2D eigenvalue weighted by Crippen LogP contribution is 2.13. The summed E-state index contributed by atoms with van der Waals surface area (Å²) >= 11 is 5.67. The van der Waals surface area contributed by atoms with Crippen LogP contribution in [-0.2, 0) is 4.74 Å². The Hall–Kier alpha value is -1.42. The van der Waals surface area contributed by atoms with Crippen molar-refractivity contribution in [3.05, 3.63) is 29.3 Å². The van der Waals surface area contributed by atoms with E-state index in [0.717, 1.165) is 0 Å². The molecule has 0 fully saturated rings. The van der Waals surface area contributed by atoms with Crippen LogP contribution in [0.4, 0.5) is 0 Å². The Morgan fingerprint density at radius 2 is 2.46 bits per heavy atom. The van der Waals surface area contributed by atoms with Gasteiger partial charge in [0, 0.05) is 0 Å². The van der Waals surface area contributed by atoms with Gasteiger partial charge in [-0.1, -0.05) is 18.2 Å². The van der Waals surface area contributed by atoms with Gasteiger partial charge in [0.1, 0.15) is 0 Å². The van der Waals surface area contributed by atoms with E-state index in [4.69, 9.17) is 11.6 Å². The number of methoxy groups -OCH3 is 1. The second kappa shape index (κ2) is 4.00. The molecule has 1 aromatic heterocycles. The number of rotatable bonds is 2. The third kappa shape index (κ3) is 2.03. The minimum absolute atomic E-state index is 0.0501. The molecule has 13 heavy (non-hydrogen) atoms. The summed E-state index contributed by atoms with van der Waals surface area (Å²) in [7, 11) is 1.26. The van der Waals surface area contributed by atoms with Crippen molar-refractivity contribution in [2.75, 3.05) is 7.11 Å². The van der Waals surface area contributed by atoms with E-state index in [9.17, 15) is 4.79 Å². The first-order valence-corrected chi connectivity index (χ1v) is 3.80. The monoisotopic (exact) mass is 198 g/mol. The molecule has 0 aromatic carbocycles. The fourth-order valence-electron chi connectivity index (χ4n) is 0.719. The van der Waals surface area contributed by atoms with Gasteiger partial charge in [-0.25, -0.2) is 14.8 Å². The Kier molecular flexibility index (Phi) is 2.97. The fraction of sp³-hybridized carbons (Fsp3) is 0.125. The van der Waals surface area contributed by atoms with Crippen LogP contribution >= 0.6 is 11.6 Å². The molecular formula is C8H7ClN2O2. The number of esters is 1. The Morgan fingerprint density at radius 3 is 3.00 bits per heavy atom. The van der Waals surface area contributed by atoms with Crippen LogP contribution in [0, 0.1) is 0 Å². The molecule has 0 spiro atoms. The molecule has 68 valence electrons. The minimum Gasteiger partial charge on any atom is -0.464 e. The van der Waals surface area contributed by atoms with Crippen molar-refractivity contribution >= 4 is 23.6 Å². The summed E-state index contributed by atoms with van der Waals surface area (Å²) in [5.41, 5.74) is 0.0501. The summed E-state index contributed by atoms with van der Waals surface area (Å²) in [4.78, 5) is 18.7. The van der Waals surface area contributed by atoms with Gasteiger partial charge < -0.3 is 4.74 Å². The quantitative estimate of drug-likeness (QED) is 0.677. The van der Waals surface area contributed by atoms with Crippen LogP contribution in [0.25, 0.3) is 6.08 Å². The lowest BCUT2D eigenvalue weighted by Gasteiger charge is -2.00. The lowest BCUT2D eigenvalue weighted by molar-refractivity contribution is 0.0594. The predicted octanol–water partition coefficient (Wildman–Crippen LogP) is 1.56. The van der Waals surface area contributed by atoms with Gasteiger partial charge in [0.05, 0.1) is 18.3 Å². The van der Waals surface area contributed by atoms with Crippen molar-refractivity contribution in [2.24, 2.45) is 0 Å². The lowest BCUT2D eigenvalue weighted by Crippen LogP contribution is -2.07. The maximum absolute atomic E-state index is 11.1. The lowest BCUT2D eigenvalue weighted by atomic mass is 10.4. The number of carbonyl (C=O) groups excluding carboxylic acids is 1. The average Bonchev–Trinajstić information content (AvgIpc) is 2.17. The Morgan fingerprint density at radius 1 is 1.77 bits per heavy atom. The van der Waals surface area contributed by atoms with E-state index in [-0.39, 0.29) is 10.7 Å². The zero-order valence-electron chi connectivity index (χ0n) is 6.95. The molecule has 0 saturated heterocycles. The smallest absolute Gasteiger partial charge is 0.358 e. The standard InChI is InChI=1S/C8H7ClN2O2/c1-3-6-10-4-5(9)7(11-6)8(12)13-2/h3-4H,1H2,2H3. The second-order valence-corrected chi connectivity index (χ2v) is 2.53. The van der Waals surface area contributed by atoms with E-state index in [1.54, 1.807) is 0 Å². The molecule has 1 heterocycles. The summed E-state index contributed by atoms with van der Waals surface area (Å²) < 4.78 is 4.47. The number of hydrogen-bond acceptors (Lipinski definition) is 4. The van der Waals surface area contributed by atoms with E-state index in [0.29, 0.717) is 5.82 Å². The molecule has 0 aliphatic heterocycles. The van der Waals surface area contributed by atoms with Crippen LogP contribution in [0.5, 0.6) is 0 Å². The molecule has 0 aliphatic rings. The first-order valence-electron chi connectivity index (χ1n) is 3.42. The topological polar surface area (TPSA) is 52.1 Å². The summed E-state index contributed by atoms with van der Waals surface area (Å²) in [6, 6.07) is 0. The number of halogens is 1. The minimum atomic E-state index is -0.587. The van der Waals surface area contributed by atoms with Gasteiger partial charge in [-0.2, -0.15) is 0 Å². The third-order valence-electron chi connectivity index (χ3n) is 1.32. The Labute approximate surface area is 80.2 Å². The molecule has 4 nitrogen and oxygen atoms in total. The van der Waals surface area contributed by atoms with Crippen molar-refractivity contribution < 1.29 is 9.53 Å². The summed E-state index contributed by atoms with van der Waals surface area (Å²) in [5, 5.41) is 0.164. The van der Waals surface area contributed by atoms with Crippen LogP contribution in [0.3, 0.4) is 0 Å². The van der Waals surface area contributed by atoms with Crippen molar-refractivity contribution in [1.82, 2.24) is 9.97 Å². The average molecular weight is 199 g/mol. The van der Waals surface area contributed by atoms with E-state index < -0.39 is 5.97 Å². The van der Waals surface area contributed by atoms with Gasteiger partial charge in [0.15, 0.2) is 11.5 Å². The zero-order chi connectivity index (χ0) is 9.84. The van der Waals surface area contributed by atoms with Crippen molar-refractivity contribution in [1.29, 1.82) is 0 Å². The van der Waals surface area contributed by atoms with Crippen molar-refractivity contribution in [2.45, 2.75) is 0 Å². The Balaban J connectivity index is 3.18. The first kappa shape index (κ1) is 9.67. The van der Waals surface area contributed by atoms with Crippen molar-refractivity contribution in [3.63, 3.8) is 0 Å². The normalized spacial score (nSPS) is 9.38. The maximum atomic E-state index is 11.1. The van der Waals surface area contributed by atoms with E-state index >= 15 is 0 Å². The largest absolute Gasteiger partial charge is 0.464 e. The van der Waals surface area contributed by atoms with Crippen LogP contribution in [0.1, 0.15) is 16.3 Å². The molecule has 1 rings (SSSR count). The molecule has 0 N–H and O–H groups in total. The SMILES string of the molecule is C=Cc1ncc(Cl)c(C(=O)OC)n1. The highest BCUT2D eigenvalue weighted by molar-refractivity contribution is 6.33. The molecule has 0 amide bonds. The molecule has 0 atom stereocenters. The summed E-state index contributed by atoms with van der Waals surface area (Å²) in [6.45, 7) is 3.47. The van der Waals surface area contributed by atoms with E-state index in [1.165, 1.54) is 19.4 Å². The van der Waals surface area contributed by atoms with Crippen LogP contribution in [0.2, 0.25) is 5.02 Å². The fourth-order valence-corrected chi connectivity index (χ4v) is 0.887. The molecular weight excluding hydrogens is 192 g/mol. The molecule has 0 radical (unpaired) electrons. The van der Waals surface area contributed by atoms with E-state index in [1.807, 2.05) is 0 Å². The molecule has 1 aromatic rings.